The molecule has 0 unspecified atom stereocenters. The minimum Gasteiger partial charge on any atom is -0.507 e. The summed E-state index contributed by atoms with van der Waals surface area (Å²) < 4.78 is 0. The number of hydrogen-bond donors (Lipinski definition) is 2. The van der Waals surface area contributed by atoms with Gasteiger partial charge in [-0.3, -0.25) is 0 Å². The lowest BCUT2D eigenvalue weighted by Crippen LogP contribution is -1.94. The van der Waals surface area contributed by atoms with Crippen molar-refractivity contribution in [3.05, 3.63) is 70.8 Å². The Kier molecular flexibility index (Phi) is 5.51. The van der Waals surface area contributed by atoms with Crippen LogP contribution in [-0.4, -0.2) is 10.2 Å². The maximum atomic E-state index is 10.4. The Labute approximate surface area is 168 Å². The Balaban J connectivity index is 2.12. The fourth-order valence-corrected chi connectivity index (χ4v) is 3.71. The Morgan fingerprint density at radius 1 is 0.571 bits per heavy atom. The van der Waals surface area contributed by atoms with Crippen LogP contribution in [0.2, 0.25) is 0 Å². The molecule has 0 saturated carbocycles. The highest BCUT2D eigenvalue weighted by molar-refractivity contribution is 5.76. The van der Waals surface area contributed by atoms with Crippen molar-refractivity contribution in [1.82, 2.24) is 0 Å². The number of phenols is 2. The van der Waals surface area contributed by atoms with Gasteiger partial charge in [0.2, 0.25) is 0 Å². The van der Waals surface area contributed by atoms with Gasteiger partial charge in [0.25, 0.3) is 0 Å². The van der Waals surface area contributed by atoms with E-state index in [0.717, 1.165) is 44.5 Å². The van der Waals surface area contributed by atoms with Crippen molar-refractivity contribution >= 4 is 0 Å². The molecule has 2 N–H and O–H groups in total. The molecule has 0 aromatic heterocycles. The minimum atomic E-state index is 0.259. The highest BCUT2D eigenvalue weighted by Gasteiger charge is 2.14. The standard InChI is InChI=1S/C26H30O2/c1-15(2)23-13-21(10-17(5)25(23)27)19-8-7-9-20(12-19)22-11-18(6)26(28)24(14-22)16(3)4/h7-16,27-28H,1-6H3. The lowest BCUT2D eigenvalue weighted by atomic mass is 9.90. The first-order chi connectivity index (χ1) is 13.2. The molecule has 0 radical (unpaired) electrons. The molecule has 0 heterocycles. The fraction of sp³-hybridized carbons (Fsp3) is 0.308. The predicted octanol–water partition coefficient (Wildman–Crippen LogP) is 7.30. The van der Waals surface area contributed by atoms with Crippen LogP contribution in [0.3, 0.4) is 0 Å². The molecule has 0 aliphatic heterocycles. The van der Waals surface area contributed by atoms with Crippen LogP contribution >= 0.6 is 0 Å². The zero-order valence-corrected chi connectivity index (χ0v) is 17.7. The van der Waals surface area contributed by atoms with Crippen molar-refractivity contribution in [3.63, 3.8) is 0 Å². The molecule has 0 spiro atoms. The Morgan fingerprint density at radius 2 is 0.964 bits per heavy atom. The third-order valence-electron chi connectivity index (χ3n) is 5.43. The molecular formula is C26H30O2. The third-order valence-corrected chi connectivity index (χ3v) is 5.43. The third kappa shape index (κ3) is 3.77. The summed E-state index contributed by atoms with van der Waals surface area (Å²) in [6.45, 7) is 12.3. The molecule has 0 aliphatic rings. The van der Waals surface area contributed by atoms with E-state index in [1.54, 1.807) is 0 Å². The van der Waals surface area contributed by atoms with Crippen LogP contribution in [0.4, 0.5) is 0 Å². The van der Waals surface area contributed by atoms with Gasteiger partial charge in [0, 0.05) is 0 Å². The highest BCUT2D eigenvalue weighted by atomic mass is 16.3. The fourth-order valence-electron chi connectivity index (χ4n) is 3.71. The van der Waals surface area contributed by atoms with E-state index in [1.807, 2.05) is 26.0 Å². The van der Waals surface area contributed by atoms with Crippen molar-refractivity contribution < 1.29 is 10.2 Å². The second-order valence-corrected chi connectivity index (χ2v) is 8.35. The lowest BCUT2D eigenvalue weighted by Gasteiger charge is -2.16. The lowest BCUT2D eigenvalue weighted by molar-refractivity contribution is 0.460. The molecule has 28 heavy (non-hydrogen) atoms. The summed E-state index contributed by atoms with van der Waals surface area (Å²) in [4.78, 5) is 0. The second kappa shape index (κ2) is 7.71. The van der Waals surface area contributed by atoms with Crippen LogP contribution in [0, 0.1) is 13.8 Å². The maximum Gasteiger partial charge on any atom is 0.121 e. The molecule has 0 aliphatic carbocycles. The largest absolute Gasteiger partial charge is 0.507 e. The molecule has 0 fully saturated rings. The maximum absolute atomic E-state index is 10.4. The van der Waals surface area contributed by atoms with Crippen LogP contribution in [0.1, 0.15) is 61.8 Å². The van der Waals surface area contributed by atoms with E-state index in [4.69, 9.17) is 0 Å². The van der Waals surface area contributed by atoms with E-state index < -0.39 is 0 Å². The monoisotopic (exact) mass is 374 g/mol. The van der Waals surface area contributed by atoms with Crippen LogP contribution in [-0.2, 0) is 0 Å². The van der Waals surface area contributed by atoms with Gasteiger partial charge < -0.3 is 10.2 Å². The molecular weight excluding hydrogens is 344 g/mol. The number of aromatic hydroxyl groups is 2. The summed E-state index contributed by atoms with van der Waals surface area (Å²) in [5, 5.41) is 20.8. The molecule has 0 saturated heterocycles. The van der Waals surface area contributed by atoms with E-state index in [1.165, 1.54) is 0 Å². The minimum absolute atomic E-state index is 0.259. The number of aryl methyl sites for hydroxylation is 2. The molecule has 3 rings (SSSR count). The first-order valence-corrected chi connectivity index (χ1v) is 9.96. The number of rotatable bonds is 4. The van der Waals surface area contributed by atoms with Crippen molar-refractivity contribution in [2.75, 3.05) is 0 Å². The SMILES string of the molecule is Cc1cc(-c2cccc(-c3cc(C)c(O)c(C(C)C)c3)c2)cc(C(C)C)c1O. The molecule has 3 aromatic carbocycles. The molecule has 3 aromatic rings. The Hall–Kier alpha value is -2.74. The van der Waals surface area contributed by atoms with Gasteiger partial charge in [-0.25, -0.2) is 0 Å². The van der Waals surface area contributed by atoms with Crippen LogP contribution < -0.4 is 0 Å². The second-order valence-electron chi connectivity index (χ2n) is 8.35. The zero-order valence-electron chi connectivity index (χ0n) is 17.7. The summed E-state index contributed by atoms with van der Waals surface area (Å²) >= 11 is 0. The van der Waals surface area contributed by atoms with Gasteiger partial charge >= 0.3 is 0 Å². The quantitative estimate of drug-likeness (QED) is 0.503. The first-order valence-electron chi connectivity index (χ1n) is 9.96. The normalized spacial score (nSPS) is 11.4. The van der Waals surface area contributed by atoms with E-state index in [-0.39, 0.29) is 11.8 Å². The van der Waals surface area contributed by atoms with Crippen molar-refractivity contribution in [2.24, 2.45) is 0 Å². The summed E-state index contributed by atoms with van der Waals surface area (Å²) in [6.07, 6.45) is 0. The number of hydrogen-bond acceptors (Lipinski definition) is 2. The molecule has 2 nitrogen and oxygen atoms in total. The van der Waals surface area contributed by atoms with Gasteiger partial charge in [-0.15, -0.1) is 0 Å². The molecule has 2 heteroatoms. The number of phenolic OH excluding ortho intramolecular Hbond substituents is 2. The smallest absolute Gasteiger partial charge is 0.121 e. The summed E-state index contributed by atoms with van der Waals surface area (Å²) in [6, 6.07) is 16.7. The van der Waals surface area contributed by atoms with Crippen molar-refractivity contribution in [3.8, 4) is 33.8 Å². The van der Waals surface area contributed by atoms with E-state index in [0.29, 0.717) is 11.5 Å². The van der Waals surface area contributed by atoms with Gasteiger partial charge in [-0.2, -0.15) is 0 Å². The van der Waals surface area contributed by atoms with Crippen LogP contribution in [0.15, 0.2) is 48.5 Å². The average Bonchev–Trinajstić information content (AvgIpc) is 2.65. The van der Waals surface area contributed by atoms with Crippen LogP contribution in [0.25, 0.3) is 22.3 Å². The van der Waals surface area contributed by atoms with Gasteiger partial charge in [0.1, 0.15) is 11.5 Å². The summed E-state index contributed by atoms with van der Waals surface area (Å²) in [7, 11) is 0. The van der Waals surface area contributed by atoms with E-state index in [2.05, 4.69) is 64.1 Å². The molecule has 0 amide bonds. The Morgan fingerprint density at radius 3 is 1.32 bits per heavy atom. The molecule has 0 bridgehead atoms. The van der Waals surface area contributed by atoms with Gasteiger partial charge in [-0.1, -0.05) is 45.9 Å². The van der Waals surface area contributed by atoms with E-state index >= 15 is 0 Å². The summed E-state index contributed by atoms with van der Waals surface area (Å²) in [5.74, 6) is 1.31. The summed E-state index contributed by atoms with van der Waals surface area (Å²) in [5.41, 5.74) is 8.22. The van der Waals surface area contributed by atoms with Crippen molar-refractivity contribution in [1.29, 1.82) is 0 Å². The van der Waals surface area contributed by atoms with Crippen molar-refractivity contribution in [2.45, 2.75) is 53.4 Å². The predicted molar refractivity (Wildman–Crippen MR) is 118 cm³/mol. The van der Waals surface area contributed by atoms with Crippen LogP contribution in [0.5, 0.6) is 11.5 Å². The number of benzene rings is 3. The highest BCUT2D eigenvalue weighted by Crippen LogP contribution is 2.37. The van der Waals surface area contributed by atoms with Gasteiger partial charge in [0.05, 0.1) is 0 Å². The topological polar surface area (TPSA) is 40.5 Å². The van der Waals surface area contributed by atoms with Gasteiger partial charge in [0.15, 0.2) is 0 Å². The zero-order chi connectivity index (χ0) is 20.6. The average molecular weight is 375 g/mol. The van der Waals surface area contributed by atoms with Gasteiger partial charge in [-0.05, 0) is 101 Å². The first kappa shape index (κ1) is 20.0. The molecule has 0 atom stereocenters. The molecule has 146 valence electrons. The Bertz CT molecular complexity index is 934. The van der Waals surface area contributed by atoms with E-state index in [9.17, 15) is 10.2 Å².